The molecule has 1 fully saturated rings. The van der Waals surface area contributed by atoms with Crippen molar-refractivity contribution < 1.29 is 41.2 Å². The molecule has 4 atom stereocenters. The Bertz CT molecular complexity index is 634. The summed E-state index contributed by atoms with van der Waals surface area (Å²) in [6.45, 7) is 2.23. The maximum atomic E-state index is 12.1. The van der Waals surface area contributed by atoms with E-state index in [0.29, 0.717) is 0 Å². The van der Waals surface area contributed by atoms with Crippen LogP contribution in [0.1, 0.15) is 13.8 Å². The molecule has 0 aromatic rings. The Morgan fingerprint density at radius 3 is 2.08 bits per heavy atom. The lowest BCUT2D eigenvalue weighted by molar-refractivity contribution is -0.187. The first-order valence-corrected chi connectivity index (χ1v) is 10.4. The zero-order valence-corrected chi connectivity index (χ0v) is 16.8. The van der Waals surface area contributed by atoms with Crippen LogP contribution in [0.2, 0.25) is 0 Å². The van der Waals surface area contributed by atoms with Crippen molar-refractivity contribution in [3.63, 3.8) is 0 Å². The number of ether oxygens (including phenoxy) is 3. The van der Waals surface area contributed by atoms with Crippen LogP contribution in [0.3, 0.4) is 0 Å². The van der Waals surface area contributed by atoms with Crippen molar-refractivity contribution >= 4 is 39.8 Å². The number of carbonyl (C=O) groups excluding carboxylic acids is 3. The van der Waals surface area contributed by atoms with E-state index in [2.05, 4.69) is 0 Å². The lowest BCUT2D eigenvalue weighted by Gasteiger charge is -2.39. The van der Waals surface area contributed by atoms with E-state index in [9.17, 15) is 22.8 Å². The van der Waals surface area contributed by atoms with Crippen LogP contribution < -0.4 is 0 Å². The second-order valence-corrected chi connectivity index (χ2v) is 8.65. The Kier molecular flexibility index (Phi) is 8.31. The highest BCUT2D eigenvalue weighted by atomic mass is 32.2. The summed E-state index contributed by atoms with van der Waals surface area (Å²) in [5.41, 5.74) is -1.15. The number of rotatable bonds is 7. The Balaban J connectivity index is 3.14. The van der Waals surface area contributed by atoms with E-state index in [4.69, 9.17) is 18.4 Å². The van der Waals surface area contributed by atoms with Gasteiger partial charge >= 0.3 is 17.9 Å². The number of esters is 3. The normalized spacial score (nSPS) is 26.2. The highest BCUT2D eigenvalue weighted by Gasteiger charge is 2.48. The van der Waals surface area contributed by atoms with Gasteiger partial charge in [-0.1, -0.05) is 0 Å². The predicted octanol–water partition coefficient (Wildman–Crippen LogP) is -0.628. The number of carbonyl (C=O) groups is 3. The van der Waals surface area contributed by atoms with Gasteiger partial charge in [0.15, 0.2) is 23.7 Å². The van der Waals surface area contributed by atoms with E-state index in [1.54, 1.807) is 19.0 Å². The van der Waals surface area contributed by atoms with Gasteiger partial charge in [0.1, 0.15) is 0 Å². The Hall–Kier alpha value is -1.37. The van der Waals surface area contributed by atoms with E-state index in [1.807, 2.05) is 0 Å². The van der Waals surface area contributed by atoms with Crippen LogP contribution in [0.15, 0.2) is 0 Å². The van der Waals surface area contributed by atoms with Gasteiger partial charge in [0.2, 0.25) is 0 Å². The van der Waals surface area contributed by atoms with E-state index < -0.39 is 51.8 Å². The van der Waals surface area contributed by atoms with Crippen molar-refractivity contribution in [1.82, 2.24) is 4.90 Å². The second-order valence-electron chi connectivity index (χ2n) is 5.92. The first-order valence-electron chi connectivity index (χ1n) is 7.57. The first kappa shape index (κ1) is 22.7. The average Bonchev–Trinajstić information content (AvgIpc) is 2.41. The van der Waals surface area contributed by atoms with Gasteiger partial charge in [-0.15, -0.1) is 11.8 Å². The lowest BCUT2D eigenvalue weighted by atomic mass is 10.1. The minimum atomic E-state index is -3.88. The van der Waals surface area contributed by atoms with Crippen LogP contribution in [-0.2, 0) is 42.9 Å². The third kappa shape index (κ3) is 7.89. The highest BCUT2D eigenvalue weighted by molar-refractivity contribution is 8.00. The molecule has 26 heavy (non-hydrogen) atoms. The molecule has 0 aromatic carbocycles. The quantitative estimate of drug-likeness (QED) is 0.301. The van der Waals surface area contributed by atoms with Gasteiger partial charge in [-0.25, -0.2) is 0 Å². The van der Waals surface area contributed by atoms with Crippen molar-refractivity contribution in [3.8, 4) is 0 Å². The monoisotopic (exact) mass is 413 g/mol. The number of likely N-dealkylation sites (N-methyl/N-ethyl adjacent to an activating group) is 1. The predicted molar refractivity (Wildman–Crippen MR) is 91.7 cm³/mol. The molecule has 0 aliphatic carbocycles. The smallest absolute Gasteiger partial charge is 0.320 e. The van der Waals surface area contributed by atoms with Crippen LogP contribution in [0.5, 0.6) is 0 Å². The van der Waals surface area contributed by atoms with Crippen LogP contribution in [0, 0.1) is 0 Å². The fourth-order valence-corrected chi connectivity index (χ4v) is 4.36. The second kappa shape index (κ2) is 9.53. The number of thioether (sulfide) groups is 1. The molecule has 0 radical (unpaired) electrons. The summed E-state index contributed by atoms with van der Waals surface area (Å²) in [7, 11) is -0.588. The summed E-state index contributed by atoms with van der Waals surface area (Å²) in [6.07, 6.45) is -2.54. The summed E-state index contributed by atoms with van der Waals surface area (Å²) >= 11 is 0.979. The van der Waals surface area contributed by atoms with Gasteiger partial charge in [0, 0.05) is 19.6 Å². The third-order valence-electron chi connectivity index (χ3n) is 2.99. The summed E-state index contributed by atoms with van der Waals surface area (Å²) in [5.74, 6) is -1.90. The molecule has 0 saturated carbocycles. The van der Waals surface area contributed by atoms with Crippen LogP contribution in [-0.4, -0.2) is 87.6 Å². The van der Waals surface area contributed by atoms with Gasteiger partial charge in [-0.3, -0.25) is 23.5 Å². The van der Waals surface area contributed by atoms with E-state index in [-0.39, 0.29) is 12.3 Å². The Morgan fingerprint density at radius 2 is 1.62 bits per heavy atom. The Labute approximate surface area is 156 Å². The van der Waals surface area contributed by atoms with Crippen LogP contribution >= 0.6 is 11.8 Å². The minimum absolute atomic E-state index is 0.0855. The van der Waals surface area contributed by atoms with E-state index in [1.165, 1.54) is 6.92 Å². The molecule has 10 nitrogen and oxygen atoms in total. The molecule has 0 bridgehead atoms. The fourth-order valence-electron chi connectivity index (χ4n) is 2.22. The molecule has 1 aliphatic heterocycles. The molecule has 0 amide bonds. The first-order chi connectivity index (χ1) is 11.9. The van der Waals surface area contributed by atoms with Gasteiger partial charge < -0.3 is 14.2 Å². The van der Waals surface area contributed by atoms with Crippen molar-refractivity contribution in [2.45, 2.75) is 37.6 Å². The summed E-state index contributed by atoms with van der Waals surface area (Å²) < 4.78 is 43.6. The SMILES string of the molecule is CC(=O)O[C@@H]1[C@@H](OC(=O)CN(C)C)[C@H](OS(C)(=O)=O)SC[C@H]1OC(C)=O. The van der Waals surface area contributed by atoms with E-state index in [0.717, 1.165) is 24.9 Å². The standard InChI is InChI=1S/C14H23NO9S2/c1-8(16)21-10-7-25-14(24-26(5,19)20)13(12(10)22-9(2)17)23-11(18)6-15(3)4/h10,12-14H,6-7H2,1-5H3/t10-,12+,13-,14-/m1/s1. The molecule has 1 heterocycles. The minimum Gasteiger partial charge on any atom is -0.458 e. The molecular formula is C14H23NO9S2. The number of hydrogen-bond acceptors (Lipinski definition) is 11. The van der Waals surface area contributed by atoms with Crippen molar-refractivity contribution in [1.29, 1.82) is 0 Å². The van der Waals surface area contributed by atoms with Gasteiger partial charge in [0.25, 0.3) is 10.1 Å². The molecule has 1 rings (SSSR count). The molecule has 12 heteroatoms. The van der Waals surface area contributed by atoms with Gasteiger partial charge in [0.05, 0.1) is 12.8 Å². The topological polar surface area (TPSA) is 126 Å². The van der Waals surface area contributed by atoms with Gasteiger partial charge in [-0.2, -0.15) is 8.42 Å². The zero-order valence-electron chi connectivity index (χ0n) is 15.2. The summed E-state index contributed by atoms with van der Waals surface area (Å²) in [6, 6.07) is 0. The third-order valence-corrected chi connectivity index (χ3v) is 4.88. The molecule has 0 aromatic heterocycles. The largest absolute Gasteiger partial charge is 0.458 e. The van der Waals surface area contributed by atoms with E-state index >= 15 is 0 Å². The van der Waals surface area contributed by atoms with Crippen LogP contribution in [0.25, 0.3) is 0 Å². The summed E-state index contributed by atoms with van der Waals surface area (Å²) in [5, 5.41) is 0. The Morgan fingerprint density at radius 1 is 1.04 bits per heavy atom. The molecular weight excluding hydrogens is 390 g/mol. The molecule has 0 unspecified atom stereocenters. The molecule has 150 valence electrons. The maximum absolute atomic E-state index is 12.1. The van der Waals surface area contributed by atoms with Crippen molar-refractivity contribution in [2.24, 2.45) is 0 Å². The number of hydrogen-bond donors (Lipinski definition) is 0. The van der Waals surface area contributed by atoms with Crippen molar-refractivity contribution in [2.75, 3.05) is 32.6 Å². The molecule has 0 N–H and O–H groups in total. The molecule has 1 aliphatic rings. The fraction of sp³-hybridized carbons (Fsp3) is 0.786. The zero-order chi connectivity index (χ0) is 20.1. The maximum Gasteiger partial charge on any atom is 0.320 e. The summed E-state index contributed by atoms with van der Waals surface area (Å²) in [4.78, 5) is 36.4. The van der Waals surface area contributed by atoms with Crippen LogP contribution in [0.4, 0.5) is 0 Å². The lowest BCUT2D eigenvalue weighted by Crippen LogP contribution is -2.55. The van der Waals surface area contributed by atoms with Gasteiger partial charge in [-0.05, 0) is 14.1 Å². The average molecular weight is 413 g/mol. The van der Waals surface area contributed by atoms with Crippen molar-refractivity contribution in [3.05, 3.63) is 0 Å². The molecule has 0 spiro atoms. The number of nitrogens with zero attached hydrogens (tertiary/aromatic N) is 1. The molecule has 1 saturated heterocycles. The highest BCUT2D eigenvalue weighted by Crippen LogP contribution is 2.34.